The Morgan fingerprint density at radius 2 is 2.33 bits per heavy atom. The van der Waals surface area contributed by atoms with Crippen molar-refractivity contribution in [3.8, 4) is 0 Å². The van der Waals surface area contributed by atoms with Crippen molar-refractivity contribution in [3.05, 3.63) is 34.3 Å². The van der Waals surface area contributed by atoms with Crippen LogP contribution in [0.5, 0.6) is 0 Å². The van der Waals surface area contributed by atoms with Crippen LogP contribution in [-0.2, 0) is 0 Å². The van der Waals surface area contributed by atoms with Gasteiger partial charge < -0.3 is 5.11 Å². The Balaban J connectivity index is 2.17. The molecule has 0 saturated carbocycles. The van der Waals surface area contributed by atoms with Gasteiger partial charge in [0.15, 0.2) is 0 Å². The van der Waals surface area contributed by atoms with Crippen LogP contribution in [0.2, 0.25) is 5.02 Å². The van der Waals surface area contributed by atoms with Gasteiger partial charge in [0.1, 0.15) is 0 Å². The minimum Gasteiger partial charge on any atom is -0.388 e. The van der Waals surface area contributed by atoms with Crippen molar-refractivity contribution in [1.82, 2.24) is 0 Å². The third-order valence-corrected chi connectivity index (χ3v) is 4.54. The SMILES string of the molecule is Cc1ccc(C(O)C2CCSC2)cc1Cl. The molecule has 2 rings (SSSR count). The second kappa shape index (κ2) is 4.77. The Kier molecular flexibility index (Phi) is 3.60. The van der Waals surface area contributed by atoms with E-state index in [2.05, 4.69) is 0 Å². The maximum absolute atomic E-state index is 10.2. The predicted molar refractivity (Wildman–Crippen MR) is 66.6 cm³/mol. The van der Waals surface area contributed by atoms with Crippen LogP contribution < -0.4 is 0 Å². The molecule has 1 saturated heterocycles. The van der Waals surface area contributed by atoms with Crippen molar-refractivity contribution in [2.24, 2.45) is 5.92 Å². The lowest BCUT2D eigenvalue weighted by Gasteiger charge is -2.17. The van der Waals surface area contributed by atoms with E-state index in [-0.39, 0.29) is 6.10 Å². The molecular formula is C12H15ClOS. The van der Waals surface area contributed by atoms with E-state index in [0.29, 0.717) is 5.92 Å². The predicted octanol–water partition coefficient (Wildman–Crippen LogP) is 3.43. The monoisotopic (exact) mass is 242 g/mol. The number of aliphatic hydroxyl groups excluding tert-OH is 1. The second-order valence-corrected chi connectivity index (χ2v) is 5.63. The first kappa shape index (κ1) is 11.3. The molecule has 0 aromatic heterocycles. The average molecular weight is 243 g/mol. The number of halogens is 1. The summed E-state index contributed by atoms with van der Waals surface area (Å²) in [5, 5.41) is 10.9. The van der Waals surface area contributed by atoms with E-state index in [9.17, 15) is 5.11 Å². The van der Waals surface area contributed by atoms with E-state index < -0.39 is 0 Å². The number of benzene rings is 1. The lowest BCUT2D eigenvalue weighted by atomic mass is 9.95. The first-order chi connectivity index (χ1) is 7.18. The molecular weight excluding hydrogens is 228 g/mol. The quantitative estimate of drug-likeness (QED) is 0.858. The van der Waals surface area contributed by atoms with Crippen LogP contribution in [0.25, 0.3) is 0 Å². The fraction of sp³-hybridized carbons (Fsp3) is 0.500. The van der Waals surface area contributed by atoms with Crippen molar-refractivity contribution in [2.75, 3.05) is 11.5 Å². The summed E-state index contributed by atoms with van der Waals surface area (Å²) < 4.78 is 0. The molecule has 1 aliphatic heterocycles. The number of rotatable bonds is 2. The van der Waals surface area contributed by atoms with E-state index in [0.717, 1.165) is 28.3 Å². The largest absolute Gasteiger partial charge is 0.388 e. The summed E-state index contributed by atoms with van der Waals surface area (Å²) in [6, 6.07) is 5.85. The molecule has 1 heterocycles. The molecule has 1 aromatic carbocycles. The first-order valence-electron chi connectivity index (χ1n) is 5.20. The number of thioether (sulfide) groups is 1. The van der Waals surface area contributed by atoms with E-state index in [1.165, 1.54) is 5.75 Å². The van der Waals surface area contributed by atoms with Gasteiger partial charge in [-0.3, -0.25) is 0 Å². The molecule has 0 bridgehead atoms. The van der Waals surface area contributed by atoms with Crippen LogP contribution in [0.15, 0.2) is 18.2 Å². The van der Waals surface area contributed by atoms with Gasteiger partial charge in [0.05, 0.1) is 6.10 Å². The highest BCUT2D eigenvalue weighted by molar-refractivity contribution is 7.99. The summed E-state index contributed by atoms with van der Waals surface area (Å²) in [5.41, 5.74) is 2.02. The third kappa shape index (κ3) is 2.49. The lowest BCUT2D eigenvalue weighted by molar-refractivity contribution is 0.121. The standard InChI is InChI=1S/C12H15ClOS/c1-8-2-3-9(6-11(8)13)12(14)10-4-5-15-7-10/h2-3,6,10,12,14H,4-5,7H2,1H3. The molecule has 3 heteroatoms. The average Bonchev–Trinajstić information content (AvgIpc) is 2.74. The molecule has 0 radical (unpaired) electrons. The summed E-state index contributed by atoms with van der Waals surface area (Å²) in [6.45, 7) is 1.98. The fourth-order valence-electron chi connectivity index (χ4n) is 1.87. The van der Waals surface area contributed by atoms with Gasteiger partial charge in [-0.25, -0.2) is 0 Å². The molecule has 0 spiro atoms. The van der Waals surface area contributed by atoms with E-state index in [1.807, 2.05) is 36.9 Å². The number of aryl methyl sites for hydroxylation is 1. The molecule has 1 N–H and O–H groups in total. The molecule has 1 aromatic rings. The zero-order valence-corrected chi connectivity index (χ0v) is 10.3. The van der Waals surface area contributed by atoms with Crippen LogP contribution in [0.1, 0.15) is 23.7 Å². The Morgan fingerprint density at radius 1 is 1.53 bits per heavy atom. The van der Waals surface area contributed by atoms with Crippen LogP contribution in [0, 0.1) is 12.8 Å². The summed E-state index contributed by atoms with van der Waals surface area (Å²) >= 11 is 7.97. The lowest BCUT2D eigenvalue weighted by Crippen LogP contribution is -2.11. The van der Waals surface area contributed by atoms with Crippen molar-refractivity contribution >= 4 is 23.4 Å². The van der Waals surface area contributed by atoms with Gasteiger partial charge in [-0.05, 0) is 48.0 Å². The molecule has 15 heavy (non-hydrogen) atoms. The minimum atomic E-state index is -0.349. The zero-order valence-electron chi connectivity index (χ0n) is 8.74. The van der Waals surface area contributed by atoms with E-state index in [4.69, 9.17) is 11.6 Å². The molecule has 0 amide bonds. The van der Waals surface area contributed by atoms with Crippen molar-refractivity contribution < 1.29 is 5.11 Å². The second-order valence-electron chi connectivity index (χ2n) is 4.08. The zero-order chi connectivity index (χ0) is 10.8. The summed E-state index contributed by atoms with van der Waals surface area (Å²) in [7, 11) is 0. The van der Waals surface area contributed by atoms with Gasteiger partial charge in [0.2, 0.25) is 0 Å². The fourth-order valence-corrected chi connectivity index (χ4v) is 3.34. The van der Waals surface area contributed by atoms with Gasteiger partial charge >= 0.3 is 0 Å². The maximum atomic E-state index is 10.2. The van der Waals surface area contributed by atoms with Crippen LogP contribution in [-0.4, -0.2) is 16.6 Å². The van der Waals surface area contributed by atoms with E-state index >= 15 is 0 Å². The van der Waals surface area contributed by atoms with Gasteiger partial charge in [0.25, 0.3) is 0 Å². The van der Waals surface area contributed by atoms with Crippen LogP contribution >= 0.6 is 23.4 Å². The van der Waals surface area contributed by atoms with Crippen molar-refractivity contribution in [1.29, 1.82) is 0 Å². The van der Waals surface area contributed by atoms with Gasteiger partial charge in [0, 0.05) is 5.02 Å². The first-order valence-corrected chi connectivity index (χ1v) is 6.73. The summed E-state index contributed by atoms with van der Waals surface area (Å²) in [6.07, 6.45) is 0.759. The molecule has 0 aliphatic carbocycles. The van der Waals surface area contributed by atoms with Gasteiger partial charge in [-0.15, -0.1) is 0 Å². The smallest absolute Gasteiger partial charge is 0.0826 e. The maximum Gasteiger partial charge on any atom is 0.0826 e. The topological polar surface area (TPSA) is 20.2 Å². The number of hydrogen-bond acceptors (Lipinski definition) is 2. The molecule has 82 valence electrons. The Bertz CT molecular complexity index is 347. The summed E-state index contributed by atoms with van der Waals surface area (Å²) in [5.74, 6) is 2.63. The van der Waals surface area contributed by atoms with E-state index in [1.54, 1.807) is 0 Å². The Morgan fingerprint density at radius 3 is 2.93 bits per heavy atom. The van der Waals surface area contributed by atoms with Gasteiger partial charge in [-0.2, -0.15) is 11.8 Å². The highest BCUT2D eigenvalue weighted by Crippen LogP contribution is 2.35. The highest BCUT2D eigenvalue weighted by atomic mass is 35.5. The molecule has 2 atom stereocenters. The van der Waals surface area contributed by atoms with Crippen LogP contribution in [0.4, 0.5) is 0 Å². The Labute approximate surface area is 99.8 Å². The minimum absolute atomic E-state index is 0.349. The van der Waals surface area contributed by atoms with Crippen molar-refractivity contribution in [2.45, 2.75) is 19.4 Å². The van der Waals surface area contributed by atoms with Crippen molar-refractivity contribution in [3.63, 3.8) is 0 Å². The van der Waals surface area contributed by atoms with Crippen LogP contribution in [0.3, 0.4) is 0 Å². The molecule has 1 aliphatic rings. The molecule has 2 unspecified atom stereocenters. The normalized spacial score (nSPS) is 23.0. The Hall–Kier alpha value is -0.180. The molecule has 1 nitrogen and oxygen atoms in total. The third-order valence-electron chi connectivity index (χ3n) is 2.95. The highest BCUT2D eigenvalue weighted by Gasteiger charge is 2.24. The summed E-state index contributed by atoms with van der Waals surface area (Å²) in [4.78, 5) is 0. The number of aliphatic hydroxyl groups is 1. The van der Waals surface area contributed by atoms with Gasteiger partial charge in [-0.1, -0.05) is 23.7 Å². The number of hydrogen-bond donors (Lipinski definition) is 1. The molecule has 1 fully saturated rings.